The van der Waals surface area contributed by atoms with E-state index in [1.54, 1.807) is 31.4 Å². The monoisotopic (exact) mass is 454 g/mol. The van der Waals surface area contributed by atoms with Crippen molar-refractivity contribution in [3.05, 3.63) is 89.6 Å². The van der Waals surface area contributed by atoms with Gasteiger partial charge in [-0.05, 0) is 42.7 Å². The molecule has 0 aromatic heterocycles. The molecule has 2 aliphatic heterocycles. The van der Waals surface area contributed by atoms with Crippen LogP contribution in [0.25, 0.3) is 5.57 Å². The number of fused-ring (bicyclic) bond motifs is 1. The van der Waals surface area contributed by atoms with E-state index in [0.29, 0.717) is 47.2 Å². The number of hydrogen-bond donors (Lipinski definition) is 0. The van der Waals surface area contributed by atoms with Gasteiger partial charge in [0.1, 0.15) is 17.2 Å². The van der Waals surface area contributed by atoms with Gasteiger partial charge in [-0.2, -0.15) is 0 Å². The molecule has 5 rings (SSSR count). The quantitative estimate of drug-likeness (QED) is 0.479. The Labute approximate surface area is 199 Å². The highest BCUT2D eigenvalue weighted by molar-refractivity contribution is 6.47. The van der Waals surface area contributed by atoms with Gasteiger partial charge in [-0.3, -0.25) is 9.59 Å². The number of amides is 2. The van der Waals surface area contributed by atoms with Gasteiger partial charge in [-0.1, -0.05) is 55.5 Å². The summed E-state index contributed by atoms with van der Waals surface area (Å²) in [6, 6.07) is 22.5. The Morgan fingerprint density at radius 1 is 0.824 bits per heavy atom. The molecule has 0 atom stereocenters. The predicted octanol–water partition coefficient (Wildman–Crippen LogP) is 4.83. The van der Waals surface area contributed by atoms with Gasteiger partial charge >= 0.3 is 0 Å². The molecule has 6 heteroatoms. The fraction of sp³-hybridized carbons (Fsp3) is 0.214. The zero-order chi connectivity index (χ0) is 23.7. The number of carbonyl (C=O) groups is 2. The first kappa shape index (κ1) is 21.8. The van der Waals surface area contributed by atoms with Crippen LogP contribution in [0, 0.1) is 0 Å². The van der Waals surface area contributed by atoms with Crippen molar-refractivity contribution in [2.75, 3.05) is 30.1 Å². The minimum atomic E-state index is -0.388. The van der Waals surface area contributed by atoms with Crippen LogP contribution in [0.3, 0.4) is 0 Å². The molecule has 2 aliphatic rings. The van der Waals surface area contributed by atoms with Crippen LogP contribution in [0.4, 0.5) is 11.4 Å². The summed E-state index contributed by atoms with van der Waals surface area (Å²) in [6.07, 6.45) is 1.62. The van der Waals surface area contributed by atoms with Crippen molar-refractivity contribution in [3.8, 4) is 11.5 Å². The van der Waals surface area contributed by atoms with E-state index in [9.17, 15) is 9.59 Å². The first-order valence-electron chi connectivity index (χ1n) is 11.5. The largest absolute Gasteiger partial charge is 0.496 e. The minimum Gasteiger partial charge on any atom is -0.496 e. The van der Waals surface area contributed by atoms with Crippen molar-refractivity contribution in [2.24, 2.45) is 0 Å². The van der Waals surface area contributed by atoms with Crippen LogP contribution in [0.5, 0.6) is 11.5 Å². The average molecular weight is 455 g/mol. The second-order valence-corrected chi connectivity index (χ2v) is 8.22. The molecule has 2 heterocycles. The topological polar surface area (TPSA) is 59.1 Å². The summed E-state index contributed by atoms with van der Waals surface area (Å²) >= 11 is 0. The molecule has 172 valence electrons. The molecule has 0 aliphatic carbocycles. The summed E-state index contributed by atoms with van der Waals surface area (Å²) in [7, 11) is 1.57. The molecule has 0 radical (unpaired) electrons. The summed E-state index contributed by atoms with van der Waals surface area (Å²) in [4.78, 5) is 31.2. The molecule has 0 saturated heterocycles. The lowest BCUT2D eigenvalue weighted by molar-refractivity contribution is -0.120. The summed E-state index contributed by atoms with van der Waals surface area (Å²) in [5.41, 5.74) is 3.84. The van der Waals surface area contributed by atoms with Crippen LogP contribution in [0.15, 0.2) is 78.5 Å². The van der Waals surface area contributed by atoms with Crippen molar-refractivity contribution < 1.29 is 19.1 Å². The third kappa shape index (κ3) is 3.52. The molecule has 2 amide bonds. The maximum absolute atomic E-state index is 14.0. The van der Waals surface area contributed by atoms with Gasteiger partial charge in [-0.15, -0.1) is 0 Å². The van der Waals surface area contributed by atoms with Gasteiger partial charge in [0.15, 0.2) is 0 Å². The third-order valence-electron chi connectivity index (χ3n) is 6.16. The average Bonchev–Trinajstić information content (AvgIpc) is 3.40. The number of hydrogen-bond acceptors (Lipinski definition) is 5. The maximum atomic E-state index is 14.0. The summed E-state index contributed by atoms with van der Waals surface area (Å²) in [5.74, 6) is 0.297. The van der Waals surface area contributed by atoms with E-state index >= 15 is 0 Å². The van der Waals surface area contributed by atoms with Crippen molar-refractivity contribution in [1.82, 2.24) is 0 Å². The number of benzene rings is 3. The number of carbonyl (C=O) groups excluding carboxylic acids is 2. The minimum absolute atomic E-state index is 0.337. The Bertz CT molecular complexity index is 1300. The van der Waals surface area contributed by atoms with E-state index in [0.717, 1.165) is 24.1 Å². The second-order valence-electron chi connectivity index (χ2n) is 8.22. The Balaban J connectivity index is 1.69. The smallest absolute Gasteiger partial charge is 0.282 e. The fourth-order valence-corrected chi connectivity index (χ4v) is 4.63. The van der Waals surface area contributed by atoms with E-state index in [1.807, 2.05) is 54.3 Å². The van der Waals surface area contributed by atoms with E-state index in [1.165, 1.54) is 4.90 Å². The number of imide groups is 1. The predicted molar refractivity (Wildman–Crippen MR) is 132 cm³/mol. The van der Waals surface area contributed by atoms with Crippen molar-refractivity contribution in [1.29, 1.82) is 0 Å². The normalized spacial score (nSPS) is 15.2. The van der Waals surface area contributed by atoms with E-state index in [2.05, 4.69) is 6.07 Å². The Hall–Kier alpha value is -4.06. The number of methoxy groups -OCH3 is 1. The SMILES string of the molecule is CCCOc1ccccc1N1C(=O)C(c2ccccc2OC)=C(N2CCc3ccccc32)C1=O. The van der Waals surface area contributed by atoms with Crippen LogP contribution in [0.1, 0.15) is 24.5 Å². The van der Waals surface area contributed by atoms with Crippen LogP contribution in [0.2, 0.25) is 0 Å². The van der Waals surface area contributed by atoms with Crippen LogP contribution < -0.4 is 19.3 Å². The summed E-state index contributed by atoms with van der Waals surface area (Å²) in [5, 5.41) is 0. The Morgan fingerprint density at radius 2 is 1.50 bits per heavy atom. The molecule has 34 heavy (non-hydrogen) atoms. The molecule has 6 nitrogen and oxygen atoms in total. The summed E-state index contributed by atoms with van der Waals surface area (Å²) < 4.78 is 11.5. The van der Waals surface area contributed by atoms with Crippen molar-refractivity contribution >= 4 is 28.8 Å². The Kier molecular flexibility index (Phi) is 5.80. The van der Waals surface area contributed by atoms with Gasteiger partial charge < -0.3 is 14.4 Å². The lowest BCUT2D eigenvalue weighted by atomic mass is 10.0. The molecule has 0 N–H and O–H groups in total. The van der Waals surface area contributed by atoms with Gasteiger partial charge in [0.25, 0.3) is 11.8 Å². The highest BCUT2D eigenvalue weighted by Crippen LogP contribution is 2.43. The van der Waals surface area contributed by atoms with Gasteiger partial charge in [0, 0.05) is 17.8 Å². The molecular weight excluding hydrogens is 428 g/mol. The Morgan fingerprint density at radius 3 is 2.26 bits per heavy atom. The number of ether oxygens (including phenoxy) is 2. The molecule has 0 unspecified atom stereocenters. The highest BCUT2D eigenvalue weighted by atomic mass is 16.5. The second kappa shape index (κ2) is 9.06. The van der Waals surface area contributed by atoms with Gasteiger partial charge in [0.2, 0.25) is 0 Å². The first-order chi connectivity index (χ1) is 16.7. The zero-order valence-corrected chi connectivity index (χ0v) is 19.3. The first-order valence-corrected chi connectivity index (χ1v) is 11.5. The third-order valence-corrected chi connectivity index (χ3v) is 6.16. The molecule has 3 aromatic carbocycles. The van der Waals surface area contributed by atoms with E-state index in [4.69, 9.17) is 9.47 Å². The number of nitrogens with zero attached hydrogens (tertiary/aromatic N) is 2. The van der Waals surface area contributed by atoms with Gasteiger partial charge in [0.05, 0.1) is 25.0 Å². The highest BCUT2D eigenvalue weighted by Gasteiger charge is 2.45. The van der Waals surface area contributed by atoms with Gasteiger partial charge in [-0.25, -0.2) is 4.90 Å². The zero-order valence-electron chi connectivity index (χ0n) is 19.3. The fourth-order valence-electron chi connectivity index (χ4n) is 4.63. The number of rotatable bonds is 7. The number of para-hydroxylation sites is 4. The lowest BCUT2D eigenvalue weighted by Crippen LogP contribution is -2.35. The van der Waals surface area contributed by atoms with Crippen molar-refractivity contribution in [3.63, 3.8) is 0 Å². The molecule has 0 bridgehead atoms. The lowest BCUT2D eigenvalue weighted by Gasteiger charge is -2.22. The molecule has 3 aromatic rings. The summed E-state index contributed by atoms with van der Waals surface area (Å²) in [6.45, 7) is 3.12. The van der Waals surface area contributed by atoms with Crippen LogP contribution >= 0.6 is 0 Å². The molecule has 0 saturated carbocycles. The van der Waals surface area contributed by atoms with Crippen molar-refractivity contribution in [2.45, 2.75) is 19.8 Å². The molecular formula is C28H26N2O4. The number of anilines is 2. The van der Waals surface area contributed by atoms with Crippen LogP contribution in [-0.4, -0.2) is 32.1 Å². The van der Waals surface area contributed by atoms with E-state index < -0.39 is 0 Å². The van der Waals surface area contributed by atoms with E-state index in [-0.39, 0.29) is 11.8 Å². The molecule has 0 fully saturated rings. The van der Waals surface area contributed by atoms with Crippen LogP contribution in [-0.2, 0) is 16.0 Å². The molecule has 0 spiro atoms. The standard InChI is InChI=1S/C28H26N2O4/c1-3-18-34-24-15-9-7-13-22(24)30-27(31)25(20-11-5-8-14-23(20)33-2)26(28(30)32)29-17-16-19-10-4-6-12-21(19)29/h4-15H,3,16-18H2,1-2H3. The maximum Gasteiger partial charge on any atom is 0.282 e.